The highest BCUT2D eigenvalue weighted by molar-refractivity contribution is 5.92. The number of piperidine rings is 1. The maximum Gasteiger partial charge on any atom is 0.246 e. The average Bonchev–Trinajstić information content (AvgIpc) is 2.39. The van der Waals surface area contributed by atoms with Crippen molar-refractivity contribution >= 4 is 23.4 Å². The average molecular weight is 261 g/mol. The molecular formula is C14H19N3O2. The summed E-state index contributed by atoms with van der Waals surface area (Å²) in [5, 5.41) is 9.54. The molecule has 1 aromatic carbocycles. The van der Waals surface area contributed by atoms with Crippen molar-refractivity contribution in [2.45, 2.75) is 18.9 Å². The lowest BCUT2D eigenvalue weighted by Crippen LogP contribution is -2.41. The van der Waals surface area contributed by atoms with Crippen LogP contribution >= 0.6 is 0 Å². The predicted molar refractivity (Wildman–Crippen MR) is 76.1 cm³/mol. The molecule has 1 aromatic rings. The number of rotatable bonds is 2. The second kappa shape index (κ2) is 5.75. The first-order valence-corrected chi connectivity index (χ1v) is 6.36. The SMILES string of the molecule is Nc1ccc(N)c(C=CC(=O)N2CCCC(O)C2)c1. The zero-order valence-corrected chi connectivity index (χ0v) is 10.7. The molecular weight excluding hydrogens is 242 g/mol. The highest BCUT2D eigenvalue weighted by Crippen LogP contribution is 2.17. The first-order chi connectivity index (χ1) is 9.06. The number of amides is 1. The third-order valence-corrected chi connectivity index (χ3v) is 3.22. The zero-order chi connectivity index (χ0) is 13.8. The Bertz CT molecular complexity index is 499. The molecule has 1 aliphatic rings. The summed E-state index contributed by atoms with van der Waals surface area (Å²) >= 11 is 0. The van der Waals surface area contributed by atoms with Crippen LogP contribution in [0.25, 0.3) is 6.08 Å². The van der Waals surface area contributed by atoms with Gasteiger partial charge in [-0.1, -0.05) is 0 Å². The van der Waals surface area contributed by atoms with Crippen molar-refractivity contribution in [3.05, 3.63) is 29.8 Å². The summed E-state index contributed by atoms with van der Waals surface area (Å²) in [6.45, 7) is 1.09. The summed E-state index contributed by atoms with van der Waals surface area (Å²) in [7, 11) is 0. The van der Waals surface area contributed by atoms with E-state index in [1.54, 1.807) is 29.2 Å². The molecule has 0 radical (unpaired) electrons. The quantitative estimate of drug-likeness (QED) is 0.543. The third-order valence-electron chi connectivity index (χ3n) is 3.22. The van der Waals surface area contributed by atoms with Gasteiger partial charge in [-0.05, 0) is 42.7 Å². The molecule has 2 rings (SSSR count). The number of nitrogen functional groups attached to an aromatic ring is 2. The van der Waals surface area contributed by atoms with Crippen molar-refractivity contribution in [1.82, 2.24) is 4.90 Å². The number of anilines is 2. The number of nitrogens with zero attached hydrogens (tertiary/aromatic N) is 1. The van der Waals surface area contributed by atoms with Crippen LogP contribution in [0.4, 0.5) is 11.4 Å². The first kappa shape index (κ1) is 13.4. The van der Waals surface area contributed by atoms with E-state index in [1.165, 1.54) is 6.08 Å². The first-order valence-electron chi connectivity index (χ1n) is 6.36. The third kappa shape index (κ3) is 3.48. The summed E-state index contributed by atoms with van der Waals surface area (Å²) in [5.41, 5.74) is 13.4. The number of likely N-dealkylation sites (tertiary alicyclic amines) is 1. The molecule has 5 N–H and O–H groups in total. The Morgan fingerprint density at radius 1 is 1.42 bits per heavy atom. The van der Waals surface area contributed by atoms with E-state index in [4.69, 9.17) is 11.5 Å². The number of benzene rings is 1. The molecule has 1 heterocycles. The van der Waals surface area contributed by atoms with Gasteiger partial charge in [0, 0.05) is 30.5 Å². The second-order valence-electron chi connectivity index (χ2n) is 4.80. The second-order valence-corrected chi connectivity index (χ2v) is 4.80. The van der Waals surface area contributed by atoms with Crippen LogP contribution in [-0.4, -0.2) is 35.1 Å². The molecule has 5 nitrogen and oxygen atoms in total. The van der Waals surface area contributed by atoms with Crippen LogP contribution < -0.4 is 11.5 Å². The summed E-state index contributed by atoms with van der Waals surface area (Å²) in [5.74, 6) is -0.111. The fourth-order valence-corrected chi connectivity index (χ4v) is 2.16. The number of carbonyl (C=O) groups excluding carboxylic acids is 1. The van der Waals surface area contributed by atoms with Gasteiger partial charge in [-0.3, -0.25) is 4.79 Å². The number of hydrogen-bond donors (Lipinski definition) is 3. The van der Waals surface area contributed by atoms with Gasteiger partial charge >= 0.3 is 0 Å². The van der Waals surface area contributed by atoms with E-state index in [1.807, 2.05) is 0 Å². The van der Waals surface area contributed by atoms with E-state index >= 15 is 0 Å². The Hall–Kier alpha value is -2.01. The monoisotopic (exact) mass is 261 g/mol. The predicted octanol–water partition coefficient (Wildman–Crippen LogP) is 0.847. The van der Waals surface area contributed by atoms with E-state index in [2.05, 4.69) is 0 Å². The topological polar surface area (TPSA) is 92.6 Å². The standard InChI is InChI=1S/C14H19N3O2/c15-11-4-5-13(16)10(8-11)3-6-14(19)17-7-1-2-12(18)9-17/h3-6,8,12,18H,1-2,7,9,15-16H2. The number of carbonyl (C=O) groups is 1. The zero-order valence-electron chi connectivity index (χ0n) is 10.7. The molecule has 0 spiro atoms. The summed E-state index contributed by atoms with van der Waals surface area (Å²) in [6.07, 6.45) is 4.32. The normalized spacial score (nSPS) is 19.8. The van der Waals surface area contributed by atoms with Gasteiger partial charge in [-0.25, -0.2) is 0 Å². The summed E-state index contributed by atoms with van der Waals surface area (Å²) in [6, 6.07) is 5.16. The maximum atomic E-state index is 12.0. The molecule has 102 valence electrons. The van der Waals surface area contributed by atoms with Gasteiger partial charge in [0.15, 0.2) is 0 Å². The highest BCUT2D eigenvalue weighted by Gasteiger charge is 2.20. The molecule has 1 saturated heterocycles. The van der Waals surface area contributed by atoms with Crippen LogP contribution in [-0.2, 0) is 4.79 Å². The van der Waals surface area contributed by atoms with Crippen LogP contribution in [0.5, 0.6) is 0 Å². The Kier molecular flexibility index (Phi) is 4.06. The summed E-state index contributed by atoms with van der Waals surface area (Å²) in [4.78, 5) is 13.6. The van der Waals surface area contributed by atoms with E-state index < -0.39 is 6.10 Å². The smallest absolute Gasteiger partial charge is 0.246 e. The minimum absolute atomic E-state index is 0.111. The Labute approximate surface area is 112 Å². The van der Waals surface area contributed by atoms with Crippen LogP contribution in [0, 0.1) is 0 Å². The molecule has 1 aliphatic heterocycles. The van der Waals surface area contributed by atoms with Gasteiger partial charge in [-0.15, -0.1) is 0 Å². The van der Waals surface area contributed by atoms with Crippen LogP contribution in [0.1, 0.15) is 18.4 Å². The van der Waals surface area contributed by atoms with Crippen molar-refractivity contribution in [1.29, 1.82) is 0 Å². The van der Waals surface area contributed by atoms with Gasteiger partial charge < -0.3 is 21.5 Å². The highest BCUT2D eigenvalue weighted by atomic mass is 16.3. The molecule has 0 aromatic heterocycles. The number of hydrogen-bond acceptors (Lipinski definition) is 4. The van der Waals surface area contributed by atoms with E-state index in [0.29, 0.717) is 24.5 Å². The van der Waals surface area contributed by atoms with E-state index in [-0.39, 0.29) is 5.91 Å². The van der Waals surface area contributed by atoms with E-state index in [0.717, 1.165) is 18.4 Å². The van der Waals surface area contributed by atoms with Gasteiger partial charge in [-0.2, -0.15) is 0 Å². The van der Waals surface area contributed by atoms with Crippen LogP contribution in [0.3, 0.4) is 0 Å². The van der Waals surface area contributed by atoms with Crippen molar-refractivity contribution in [2.24, 2.45) is 0 Å². The number of nitrogens with two attached hydrogens (primary N) is 2. The molecule has 0 bridgehead atoms. The lowest BCUT2D eigenvalue weighted by molar-refractivity contribution is -0.128. The minimum Gasteiger partial charge on any atom is -0.399 e. The number of aliphatic hydroxyl groups excluding tert-OH is 1. The van der Waals surface area contributed by atoms with Crippen LogP contribution in [0.15, 0.2) is 24.3 Å². The van der Waals surface area contributed by atoms with Gasteiger partial charge in [0.2, 0.25) is 5.91 Å². The molecule has 19 heavy (non-hydrogen) atoms. The molecule has 5 heteroatoms. The Morgan fingerprint density at radius 3 is 2.95 bits per heavy atom. The molecule has 0 aliphatic carbocycles. The largest absolute Gasteiger partial charge is 0.399 e. The summed E-state index contributed by atoms with van der Waals surface area (Å²) < 4.78 is 0. The molecule has 1 fully saturated rings. The lowest BCUT2D eigenvalue weighted by atomic mass is 10.1. The van der Waals surface area contributed by atoms with Crippen LogP contribution in [0.2, 0.25) is 0 Å². The Balaban J connectivity index is 2.05. The van der Waals surface area contributed by atoms with E-state index in [9.17, 15) is 9.90 Å². The molecule has 1 unspecified atom stereocenters. The number of aliphatic hydroxyl groups is 1. The molecule has 0 saturated carbocycles. The minimum atomic E-state index is -0.413. The van der Waals surface area contributed by atoms with Gasteiger partial charge in [0.05, 0.1) is 6.10 Å². The maximum absolute atomic E-state index is 12.0. The fourth-order valence-electron chi connectivity index (χ4n) is 2.16. The number of β-amino-alcohol motifs (C(OH)–C–C–N with tert-alkyl or cyclic N) is 1. The Morgan fingerprint density at radius 2 is 2.21 bits per heavy atom. The van der Waals surface area contributed by atoms with Crippen molar-refractivity contribution in [2.75, 3.05) is 24.6 Å². The van der Waals surface area contributed by atoms with Gasteiger partial charge in [0.25, 0.3) is 0 Å². The lowest BCUT2D eigenvalue weighted by Gasteiger charge is -2.29. The van der Waals surface area contributed by atoms with Crippen molar-refractivity contribution in [3.63, 3.8) is 0 Å². The molecule has 1 atom stereocenters. The van der Waals surface area contributed by atoms with Gasteiger partial charge in [0.1, 0.15) is 0 Å². The molecule has 1 amide bonds. The fraction of sp³-hybridized carbons (Fsp3) is 0.357. The van der Waals surface area contributed by atoms with Crippen molar-refractivity contribution < 1.29 is 9.90 Å². The van der Waals surface area contributed by atoms with Crippen molar-refractivity contribution in [3.8, 4) is 0 Å².